The molecule has 9 nitrogen and oxygen atoms in total. The zero-order valence-electron chi connectivity index (χ0n) is 23.3. The summed E-state index contributed by atoms with van der Waals surface area (Å²) in [6, 6.07) is 17.7. The van der Waals surface area contributed by atoms with Crippen LogP contribution in [0.5, 0.6) is 11.5 Å². The molecule has 0 fully saturated rings. The Balaban J connectivity index is 1.46. The van der Waals surface area contributed by atoms with Crippen LogP contribution < -0.4 is 9.47 Å². The molecule has 1 aliphatic heterocycles. The van der Waals surface area contributed by atoms with Crippen molar-refractivity contribution in [3.8, 4) is 11.5 Å². The number of amides is 1. The molecule has 1 unspecified atom stereocenters. The van der Waals surface area contributed by atoms with Gasteiger partial charge >= 0.3 is 5.97 Å². The van der Waals surface area contributed by atoms with Crippen molar-refractivity contribution in [3.05, 3.63) is 82.4 Å². The summed E-state index contributed by atoms with van der Waals surface area (Å²) in [7, 11) is 5.07. The highest BCUT2D eigenvalue weighted by Gasteiger charge is 2.28. The van der Waals surface area contributed by atoms with Gasteiger partial charge in [-0.3, -0.25) is 9.59 Å². The van der Waals surface area contributed by atoms with Crippen molar-refractivity contribution in [1.82, 2.24) is 19.9 Å². The second-order valence-corrected chi connectivity index (χ2v) is 9.94. The lowest BCUT2D eigenvalue weighted by molar-refractivity contribution is -0.143. The monoisotopic (exact) mass is 542 g/mol. The molecule has 1 amide bonds. The number of benzene rings is 3. The first-order valence-corrected chi connectivity index (χ1v) is 13.5. The molecule has 0 saturated carbocycles. The summed E-state index contributed by atoms with van der Waals surface area (Å²) in [6.07, 6.45) is 1.21. The van der Waals surface area contributed by atoms with Crippen LogP contribution in [0.3, 0.4) is 0 Å². The lowest BCUT2D eigenvalue weighted by Gasteiger charge is -2.32. The molecule has 0 saturated heterocycles. The Kier molecular flexibility index (Phi) is 8.00. The molecule has 4 aromatic rings. The number of esters is 1. The molecule has 2 heterocycles. The summed E-state index contributed by atoms with van der Waals surface area (Å²) in [5, 5.41) is 8.46. The Bertz CT molecular complexity index is 1530. The van der Waals surface area contributed by atoms with E-state index in [1.165, 1.54) is 5.56 Å². The summed E-state index contributed by atoms with van der Waals surface area (Å²) >= 11 is 0. The molecule has 208 valence electrons. The molecule has 5 rings (SSSR count). The van der Waals surface area contributed by atoms with Crippen molar-refractivity contribution in [2.75, 3.05) is 27.4 Å². The van der Waals surface area contributed by atoms with Gasteiger partial charge in [-0.1, -0.05) is 35.5 Å². The highest BCUT2D eigenvalue weighted by atomic mass is 16.5. The molecule has 3 aromatic carbocycles. The smallest absolute Gasteiger partial charge is 0.306 e. The van der Waals surface area contributed by atoms with Crippen molar-refractivity contribution >= 4 is 22.9 Å². The summed E-state index contributed by atoms with van der Waals surface area (Å²) in [6.45, 7) is 3.26. The van der Waals surface area contributed by atoms with E-state index in [-0.39, 0.29) is 24.2 Å². The fourth-order valence-electron chi connectivity index (χ4n) is 5.53. The number of carbonyl (C=O) groups excluding carboxylic acids is 2. The zero-order chi connectivity index (χ0) is 28.2. The van der Waals surface area contributed by atoms with E-state index >= 15 is 0 Å². The minimum atomic E-state index is -0.268. The Hall–Kier alpha value is -4.40. The van der Waals surface area contributed by atoms with Crippen LogP contribution in [0.25, 0.3) is 11.0 Å². The summed E-state index contributed by atoms with van der Waals surface area (Å²) in [4.78, 5) is 27.9. The third-order valence-electron chi connectivity index (χ3n) is 7.53. The van der Waals surface area contributed by atoms with Gasteiger partial charge in [0, 0.05) is 26.1 Å². The third-order valence-corrected chi connectivity index (χ3v) is 7.53. The van der Waals surface area contributed by atoms with Crippen LogP contribution in [-0.2, 0) is 40.8 Å². The first kappa shape index (κ1) is 27.2. The standard InChI is InChI=1S/C31H34N4O5/c1-5-40-30(37)18-26(22-16-27-31(28(17-22)39-4)34(2)33-32-27)25-8-6-7-21-19-35(14-13-24(21)25)29(36)15-20-9-11-23(38-3)12-10-20/h6-12,16-17,26H,5,13-15,18-19H2,1-4H3. The Morgan fingerprint density at radius 2 is 1.85 bits per heavy atom. The van der Waals surface area contributed by atoms with E-state index in [0.29, 0.717) is 43.8 Å². The first-order valence-electron chi connectivity index (χ1n) is 13.5. The maximum atomic E-state index is 13.2. The van der Waals surface area contributed by atoms with Crippen LogP contribution in [0.2, 0.25) is 0 Å². The van der Waals surface area contributed by atoms with Gasteiger partial charge in [-0.05, 0) is 65.4 Å². The van der Waals surface area contributed by atoms with E-state index in [2.05, 4.69) is 22.4 Å². The van der Waals surface area contributed by atoms with Crippen LogP contribution >= 0.6 is 0 Å². The molecule has 1 aliphatic rings. The number of hydrogen-bond acceptors (Lipinski definition) is 7. The highest BCUT2D eigenvalue weighted by molar-refractivity contribution is 5.83. The molecule has 1 atom stereocenters. The van der Waals surface area contributed by atoms with Gasteiger partial charge in [0.05, 0.1) is 33.7 Å². The number of aryl methyl sites for hydroxylation is 1. The number of fused-ring (bicyclic) bond motifs is 2. The van der Waals surface area contributed by atoms with Gasteiger partial charge in [0.25, 0.3) is 0 Å². The quantitative estimate of drug-likeness (QED) is 0.293. The molecule has 1 aromatic heterocycles. The lowest BCUT2D eigenvalue weighted by atomic mass is 9.82. The van der Waals surface area contributed by atoms with E-state index < -0.39 is 0 Å². The molecule has 0 radical (unpaired) electrons. The van der Waals surface area contributed by atoms with Crippen LogP contribution in [0, 0.1) is 0 Å². The molecule has 0 spiro atoms. The van der Waals surface area contributed by atoms with Gasteiger partial charge in [-0.2, -0.15) is 0 Å². The van der Waals surface area contributed by atoms with E-state index in [1.54, 1.807) is 18.9 Å². The van der Waals surface area contributed by atoms with Crippen LogP contribution in [-0.4, -0.2) is 59.1 Å². The fraction of sp³-hybridized carbons (Fsp3) is 0.355. The maximum Gasteiger partial charge on any atom is 0.306 e. The van der Waals surface area contributed by atoms with Gasteiger partial charge in [-0.25, -0.2) is 4.68 Å². The normalized spacial score (nSPS) is 13.6. The second-order valence-electron chi connectivity index (χ2n) is 9.94. The van der Waals surface area contributed by atoms with Crippen molar-refractivity contribution < 1.29 is 23.8 Å². The van der Waals surface area contributed by atoms with E-state index in [0.717, 1.165) is 33.5 Å². The molecule has 0 aliphatic carbocycles. The number of hydrogen-bond donors (Lipinski definition) is 0. The fourth-order valence-corrected chi connectivity index (χ4v) is 5.53. The number of rotatable bonds is 9. The molecule has 0 N–H and O–H groups in total. The number of methoxy groups -OCH3 is 2. The summed E-state index contributed by atoms with van der Waals surface area (Å²) in [5.74, 6) is 0.964. The predicted molar refractivity (Wildman–Crippen MR) is 150 cm³/mol. The van der Waals surface area contributed by atoms with Gasteiger partial charge in [0.2, 0.25) is 5.91 Å². The van der Waals surface area contributed by atoms with E-state index in [4.69, 9.17) is 14.2 Å². The minimum absolute atomic E-state index is 0.0853. The first-order chi connectivity index (χ1) is 19.4. The molecular weight excluding hydrogens is 508 g/mol. The Morgan fingerprint density at radius 3 is 2.58 bits per heavy atom. The van der Waals surface area contributed by atoms with Crippen LogP contribution in [0.1, 0.15) is 47.1 Å². The third kappa shape index (κ3) is 5.50. The van der Waals surface area contributed by atoms with Gasteiger partial charge < -0.3 is 19.1 Å². The van der Waals surface area contributed by atoms with Crippen molar-refractivity contribution in [3.63, 3.8) is 0 Å². The largest absolute Gasteiger partial charge is 0.497 e. The SMILES string of the molecule is CCOC(=O)CC(c1cc(OC)c2c(c1)nnn2C)c1cccc2c1CCN(C(=O)Cc1ccc(OC)cc1)C2. The predicted octanol–water partition coefficient (Wildman–Crippen LogP) is 4.20. The average Bonchev–Trinajstić information content (AvgIpc) is 3.35. The number of ether oxygens (including phenoxy) is 3. The van der Waals surface area contributed by atoms with Gasteiger partial charge in [0.1, 0.15) is 22.5 Å². The van der Waals surface area contributed by atoms with Crippen LogP contribution in [0.4, 0.5) is 0 Å². The number of aromatic nitrogens is 3. The highest BCUT2D eigenvalue weighted by Crippen LogP contribution is 2.38. The average molecular weight is 543 g/mol. The zero-order valence-corrected chi connectivity index (χ0v) is 23.3. The topological polar surface area (TPSA) is 95.8 Å². The molecule has 0 bridgehead atoms. The molecule has 9 heteroatoms. The van der Waals surface area contributed by atoms with Gasteiger partial charge in [-0.15, -0.1) is 5.10 Å². The molecular formula is C31H34N4O5. The minimum Gasteiger partial charge on any atom is -0.497 e. The van der Waals surface area contributed by atoms with Crippen LogP contribution in [0.15, 0.2) is 54.6 Å². The summed E-state index contributed by atoms with van der Waals surface area (Å²) in [5.41, 5.74) is 6.67. The van der Waals surface area contributed by atoms with Gasteiger partial charge in [0.15, 0.2) is 0 Å². The molecule has 40 heavy (non-hydrogen) atoms. The van der Waals surface area contributed by atoms with Crippen molar-refractivity contribution in [2.24, 2.45) is 7.05 Å². The maximum absolute atomic E-state index is 13.2. The van der Waals surface area contributed by atoms with E-state index in [1.807, 2.05) is 61.3 Å². The second kappa shape index (κ2) is 11.8. The number of nitrogens with zero attached hydrogens (tertiary/aromatic N) is 4. The summed E-state index contributed by atoms with van der Waals surface area (Å²) < 4.78 is 18.0. The Morgan fingerprint density at radius 1 is 1.05 bits per heavy atom. The van der Waals surface area contributed by atoms with E-state index in [9.17, 15) is 9.59 Å². The Labute approximate surface area is 233 Å². The van der Waals surface area contributed by atoms with Crippen molar-refractivity contribution in [1.29, 1.82) is 0 Å². The lowest BCUT2D eigenvalue weighted by Crippen LogP contribution is -2.37. The number of carbonyl (C=O) groups is 2. The van der Waals surface area contributed by atoms with Crippen molar-refractivity contribution in [2.45, 2.75) is 38.6 Å².